The second-order valence-corrected chi connectivity index (χ2v) is 8.43. The highest BCUT2D eigenvalue weighted by atomic mass is 35.5. The molecule has 1 aromatic carbocycles. The van der Waals surface area contributed by atoms with Crippen LogP contribution in [0.15, 0.2) is 54.9 Å². The molecule has 31 heavy (non-hydrogen) atoms. The Kier molecular flexibility index (Phi) is 6.34. The van der Waals surface area contributed by atoms with Gasteiger partial charge in [-0.25, -0.2) is 0 Å². The molecule has 6 nitrogen and oxygen atoms in total. The van der Waals surface area contributed by atoms with Crippen LogP contribution in [0.25, 0.3) is 6.08 Å². The minimum absolute atomic E-state index is 0.000375. The van der Waals surface area contributed by atoms with Crippen LogP contribution >= 0.6 is 22.9 Å². The molecule has 2 aromatic heterocycles. The zero-order valence-corrected chi connectivity index (χ0v) is 18.2. The summed E-state index contributed by atoms with van der Waals surface area (Å²) in [5.74, 6) is 0.973. The molecule has 1 atom stereocenters. The van der Waals surface area contributed by atoms with Crippen molar-refractivity contribution < 1.29 is 19.1 Å². The summed E-state index contributed by atoms with van der Waals surface area (Å²) in [4.78, 5) is 28.2. The molecule has 8 heteroatoms. The largest absolute Gasteiger partial charge is 0.486 e. The summed E-state index contributed by atoms with van der Waals surface area (Å²) in [6.45, 7) is 1.87. The number of hydrogen-bond donors (Lipinski definition) is 1. The average Bonchev–Trinajstić information content (AvgIpc) is 3.39. The van der Waals surface area contributed by atoms with E-state index in [1.54, 1.807) is 36.7 Å². The topological polar surface area (TPSA) is 77.5 Å². The van der Waals surface area contributed by atoms with Gasteiger partial charge in [-0.05, 0) is 42.8 Å². The number of hydrogen-bond acceptors (Lipinski definition) is 6. The molecule has 0 bridgehead atoms. The van der Waals surface area contributed by atoms with E-state index in [4.69, 9.17) is 21.1 Å². The van der Waals surface area contributed by atoms with Gasteiger partial charge in [-0.3, -0.25) is 14.6 Å². The van der Waals surface area contributed by atoms with Crippen molar-refractivity contribution in [3.8, 4) is 16.6 Å². The highest BCUT2D eigenvalue weighted by Crippen LogP contribution is 2.41. The van der Waals surface area contributed by atoms with Crippen LogP contribution in [0.5, 0.6) is 16.6 Å². The molecule has 1 amide bonds. The van der Waals surface area contributed by atoms with Crippen LogP contribution in [0.4, 0.5) is 0 Å². The molecular formula is C23H19ClN2O4S. The standard InChI is InChI=1S/C23H19ClN2O4S/c1-14(27)20-5-7-22(31-20)29-17-9-16-10-18(30-23(16)19(24)11-17)13-26-21(28)6-4-15-3-2-8-25-12-15/h2-9,11-12,18H,10,13H2,1H3,(H,26,28)/b6-4+. The molecule has 0 spiro atoms. The fraction of sp³-hybridized carbons (Fsp3) is 0.174. The normalized spacial score (nSPS) is 14.8. The Morgan fingerprint density at radius 3 is 2.97 bits per heavy atom. The van der Waals surface area contributed by atoms with Crippen LogP contribution in [0.2, 0.25) is 5.02 Å². The lowest BCUT2D eigenvalue weighted by molar-refractivity contribution is -0.116. The summed E-state index contributed by atoms with van der Waals surface area (Å²) >= 11 is 7.67. The number of benzene rings is 1. The van der Waals surface area contributed by atoms with Gasteiger partial charge >= 0.3 is 0 Å². The number of ether oxygens (including phenoxy) is 2. The number of nitrogens with one attached hydrogen (secondary N) is 1. The number of ketones is 1. The number of halogens is 1. The molecule has 3 aromatic rings. The quantitative estimate of drug-likeness (QED) is 0.405. The maximum Gasteiger partial charge on any atom is 0.244 e. The van der Waals surface area contributed by atoms with Gasteiger partial charge in [0.15, 0.2) is 10.8 Å². The molecule has 1 aliphatic rings. The number of aromatic nitrogens is 1. The Morgan fingerprint density at radius 1 is 1.35 bits per heavy atom. The van der Waals surface area contributed by atoms with E-state index in [2.05, 4.69) is 10.3 Å². The summed E-state index contributed by atoms with van der Waals surface area (Å²) < 4.78 is 11.8. The molecule has 158 valence electrons. The Morgan fingerprint density at radius 2 is 2.23 bits per heavy atom. The zero-order chi connectivity index (χ0) is 21.8. The molecule has 0 saturated heterocycles. The summed E-state index contributed by atoms with van der Waals surface area (Å²) in [6, 6.07) is 10.7. The van der Waals surface area contributed by atoms with Gasteiger partial charge in [0.05, 0.1) is 16.4 Å². The molecule has 3 heterocycles. The van der Waals surface area contributed by atoms with Crippen molar-refractivity contribution in [3.05, 3.63) is 75.9 Å². The third-order valence-corrected chi connectivity index (χ3v) is 5.93. The first kappa shape index (κ1) is 21.1. The summed E-state index contributed by atoms with van der Waals surface area (Å²) in [5.41, 5.74) is 1.76. The Bertz CT molecular complexity index is 1140. The lowest BCUT2D eigenvalue weighted by Gasteiger charge is -2.11. The third-order valence-electron chi connectivity index (χ3n) is 4.59. The summed E-state index contributed by atoms with van der Waals surface area (Å²) in [5, 5.41) is 3.90. The van der Waals surface area contributed by atoms with Crippen molar-refractivity contribution in [2.45, 2.75) is 19.4 Å². The number of fused-ring (bicyclic) bond motifs is 1. The van der Waals surface area contributed by atoms with Gasteiger partial charge in [0.2, 0.25) is 5.91 Å². The fourth-order valence-electron chi connectivity index (χ4n) is 3.13. The SMILES string of the molecule is CC(=O)c1ccc(Oc2cc(Cl)c3c(c2)CC(CNC(=O)/C=C/c2cccnc2)O3)s1. The number of nitrogens with zero attached hydrogens (tertiary/aromatic N) is 1. The summed E-state index contributed by atoms with van der Waals surface area (Å²) in [7, 11) is 0. The van der Waals surface area contributed by atoms with E-state index in [0.29, 0.717) is 39.4 Å². The van der Waals surface area contributed by atoms with Gasteiger partial charge in [0, 0.05) is 36.5 Å². The predicted octanol–water partition coefficient (Wildman–Crippen LogP) is 4.92. The number of amides is 1. The van der Waals surface area contributed by atoms with Crippen LogP contribution in [0.3, 0.4) is 0 Å². The third kappa shape index (κ3) is 5.31. The number of Topliss-reactive ketones (excluding diaryl/α,β-unsaturated/α-hetero) is 1. The molecule has 1 unspecified atom stereocenters. The molecule has 0 fully saturated rings. The molecule has 4 rings (SSSR count). The summed E-state index contributed by atoms with van der Waals surface area (Å²) in [6.07, 6.45) is 6.91. The van der Waals surface area contributed by atoms with Gasteiger partial charge in [0.1, 0.15) is 17.6 Å². The van der Waals surface area contributed by atoms with Crippen LogP contribution in [0, 0.1) is 0 Å². The van der Waals surface area contributed by atoms with Gasteiger partial charge in [-0.2, -0.15) is 0 Å². The van der Waals surface area contributed by atoms with Crippen LogP contribution in [0.1, 0.15) is 27.7 Å². The predicted molar refractivity (Wildman–Crippen MR) is 120 cm³/mol. The minimum atomic E-state index is -0.218. The first-order valence-electron chi connectivity index (χ1n) is 9.61. The first-order chi connectivity index (χ1) is 15.0. The Hall–Kier alpha value is -3.16. The maximum absolute atomic E-state index is 12.1. The minimum Gasteiger partial charge on any atom is -0.486 e. The van der Waals surface area contributed by atoms with Crippen molar-refractivity contribution in [2.24, 2.45) is 0 Å². The van der Waals surface area contributed by atoms with Gasteiger partial charge in [-0.15, -0.1) is 0 Å². The zero-order valence-electron chi connectivity index (χ0n) is 16.6. The molecule has 0 radical (unpaired) electrons. The molecule has 1 N–H and O–H groups in total. The molecule has 1 aliphatic heterocycles. The van der Waals surface area contributed by atoms with E-state index >= 15 is 0 Å². The van der Waals surface area contributed by atoms with Crippen molar-refractivity contribution in [3.63, 3.8) is 0 Å². The van der Waals surface area contributed by atoms with Gasteiger partial charge < -0.3 is 14.8 Å². The van der Waals surface area contributed by atoms with Crippen LogP contribution in [-0.4, -0.2) is 29.3 Å². The number of carbonyl (C=O) groups excluding carboxylic acids is 2. The number of carbonyl (C=O) groups is 2. The second-order valence-electron chi connectivity index (χ2n) is 6.98. The monoisotopic (exact) mass is 454 g/mol. The lowest BCUT2D eigenvalue weighted by atomic mass is 10.1. The highest BCUT2D eigenvalue weighted by molar-refractivity contribution is 7.15. The highest BCUT2D eigenvalue weighted by Gasteiger charge is 2.26. The smallest absolute Gasteiger partial charge is 0.244 e. The van der Waals surface area contributed by atoms with Crippen molar-refractivity contribution in [1.82, 2.24) is 10.3 Å². The van der Waals surface area contributed by atoms with Crippen LogP contribution in [-0.2, 0) is 11.2 Å². The number of thiophene rings is 1. The van der Waals surface area contributed by atoms with E-state index in [1.807, 2.05) is 18.2 Å². The van der Waals surface area contributed by atoms with E-state index in [9.17, 15) is 9.59 Å². The van der Waals surface area contributed by atoms with Gasteiger partial charge in [0.25, 0.3) is 0 Å². The van der Waals surface area contributed by atoms with Crippen molar-refractivity contribution >= 4 is 40.7 Å². The van der Waals surface area contributed by atoms with E-state index in [1.165, 1.54) is 24.3 Å². The molecule has 0 saturated carbocycles. The molecule has 0 aliphatic carbocycles. The second kappa shape index (κ2) is 9.32. The lowest BCUT2D eigenvalue weighted by Crippen LogP contribution is -2.33. The number of rotatable bonds is 7. The van der Waals surface area contributed by atoms with E-state index in [-0.39, 0.29) is 17.8 Å². The van der Waals surface area contributed by atoms with E-state index in [0.717, 1.165) is 11.1 Å². The van der Waals surface area contributed by atoms with Crippen molar-refractivity contribution in [2.75, 3.05) is 6.54 Å². The van der Waals surface area contributed by atoms with Crippen molar-refractivity contribution in [1.29, 1.82) is 0 Å². The van der Waals surface area contributed by atoms with E-state index < -0.39 is 0 Å². The maximum atomic E-state index is 12.1. The van der Waals surface area contributed by atoms with Gasteiger partial charge in [-0.1, -0.05) is 29.0 Å². The molecular weight excluding hydrogens is 436 g/mol. The fourth-order valence-corrected chi connectivity index (χ4v) is 4.18. The first-order valence-corrected chi connectivity index (χ1v) is 10.8. The average molecular weight is 455 g/mol. The van der Waals surface area contributed by atoms with Crippen LogP contribution < -0.4 is 14.8 Å². The Labute approximate surface area is 188 Å². The number of pyridine rings is 1. The Balaban J connectivity index is 1.35.